The van der Waals surface area contributed by atoms with E-state index in [9.17, 15) is 4.79 Å². The lowest BCUT2D eigenvalue weighted by atomic mass is 10.3. The van der Waals surface area contributed by atoms with Crippen LogP contribution in [0.2, 0.25) is 0 Å². The molecule has 1 saturated heterocycles. The van der Waals surface area contributed by atoms with Crippen LogP contribution in [0, 0.1) is 0 Å². The molecular formula is C13H21N5O2. The van der Waals surface area contributed by atoms with Gasteiger partial charge in [-0.2, -0.15) is 0 Å². The highest BCUT2D eigenvalue weighted by atomic mass is 16.5. The zero-order valence-corrected chi connectivity index (χ0v) is 11.6. The van der Waals surface area contributed by atoms with E-state index in [2.05, 4.69) is 20.5 Å². The van der Waals surface area contributed by atoms with Crippen LogP contribution < -0.4 is 10.6 Å². The Morgan fingerprint density at radius 3 is 3.05 bits per heavy atom. The molecule has 2 N–H and O–H groups in total. The number of carbonyl (C=O) groups excluding carboxylic acids is 1. The summed E-state index contributed by atoms with van der Waals surface area (Å²) in [6, 6.07) is 0. The van der Waals surface area contributed by atoms with Crippen molar-refractivity contribution >= 4 is 11.9 Å². The predicted octanol–water partition coefficient (Wildman–Crippen LogP) is -0.239. The third-order valence-corrected chi connectivity index (χ3v) is 3.69. The first-order chi connectivity index (χ1) is 9.83. The Kier molecular flexibility index (Phi) is 4.17. The Morgan fingerprint density at radius 1 is 1.40 bits per heavy atom. The van der Waals surface area contributed by atoms with E-state index < -0.39 is 0 Å². The molecule has 2 aliphatic rings. The number of ether oxygens (including phenoxy) is 1. The average molecular weight is 279 g/mol. The molecular weight excluding hydrogens is 258 g/mol. The van der Waals surface area contributed by atoms with Crippen LogP contribution in [0.5, 0.6) is 0 Å². The molecule has 0 saturated carbocycles. The van der Waals surface area contributed by atoms with Gasteiger partial charge in [-0.05, 0) is 6.42 Å². The number of amides is 1. The number of hydrogen-bond acceptors (Lipinski definition) is 5. The van der Waals surface area contributed by atoms with Crippen molar-refractivity contribution in [3.05, 3.63) is 11.9 Å². The molecule has 1 amide bonds. The van der Waals surface area contributed by atoms with Crippen molar-refractivity contribution < 1.29 is 9.53 Å². The molecule has 0 aromatic carbocycles. The standard InChI is InChI=1S/C13H21N5O2/c19-12(14-3-5-17-6-8-20-9-7-17)11-10-18-4-1-2-15-13(18)16-11/h10H,1-9H2,(H,14,19)(H,15,16). The zero-order chi connectivity index (χ0) is 13.8. The first kappa shape index (κ1) is 13.4. The second-order valence-electron chi connectivity index (χ2n) is 5.13. The molecule has 0 atom stereocenters. The van der Waals surface area contributed by atoms with Gasteiger partial charge in [-0.25, -0.2) is 4.98 Å². The van der Waals surface area contributed by atoms with Crippen LogP contribution in [-0.2, 0) is 11.3 Å². The van der Waals surface area contributed by atoms with Gasteiger partial charge in [-0.15, -0.1) is 0 Å². The molecule has 0 radical (unpaired) electrons. The number of hydrogen-bond donors (Lipinski definition) is 2. The van der Waals surface area contributed by atoms with Gasteiger partial charge in [-0.1, -0.05) is 0 Å². The summed E-state index contributed by atoms with van der Waals surface area (Å²) in [5.41, 5.74) is 0.497. The molecule has 3 rings (SSSR count). The van der Waals surface area contributed by atoms with Gasteiger partial charge in [0.2, 0.25) is 5.95 Å². The summed E-state index contributed by atoms with van der Waals surface area (Å²) in [5.74, 6) is 0.705. The summed E-state index contributed by atoms with van der Waals surface area (Å²) < 4.78 is 7.29. The van der Waals surface area contributed by atoms with E-state index in [0.29, 0.717) is 12.2 Å². The van der Waals surface area contributed by atoms with Crippen molar-refractivity contribution in [3.8, 4) is 0 Å². The molecule has 110 valence electrons. The van der Waals surface area contributed by atoms with Crippen molar-refractivity contribution in [3.63, 3.8) is 0 Å². The number of rotatable bonds is 4. The molecule has 0 spiro atoms. The molecule has 3 heterocycles. The Bertz CT molecular complexity index is 444. The van der Waals surface area contributed by atoms with E-state index in [-0.39, 0.29) is 5.91 Å². The van der Waals surface area contributed by atoms with Crippen molar-refractivity contribution in [2.45, 2.75) is 13.0 Å². The summed E-state index contributed by atoms with van der Waals surface area (Å²) in [6.45, 7) is 6.82. The van der Waals surface area contributed by atoms with Gasteiger partial charge in [0, 0.05) is 45.5 Å². The lowest BCUT2D eigenvalue weighted by Gasteiger charge is -2.26. The van der Waals surface area contributed by atoms with E-state index in [4.69, 9.17) is 4.74 Å². The maximum atomic E-state index is 12.0. The Hall–Kier alpha value is -1.60. The quantitative estimate of drug-likeness (QED) is 0.796. The average Bonchev–Trinajstić information content (AvgIpc) is 2.92. The fourth-order valence-electron chi connectivity index (χ4n) is 2.53. The minimum atomic E-state index is -0.0954. The largest absolute Gasteiger partial charge is 0.379 e. The van der Waals surface area contributed by atoms with Crippen molar-refractivity contribution in [2.24, 2.45) is 0 Å². The molecule has 20 heavy (non-hydrogen) atoms. The molecule has 7 nitrogen and oxygen atoms in total. The number of aromatic nitrogens is 2. The van der Waals surface area contributed by atoms with Gasteiger partial charge in [-0.3, -0.25) is 9.69 Å². The highest BCUT2D eigenvalue weighted by Gasteiger charge is 2.16. The van der Waals surface area contributed by atoms with Gasteiger partial charge >= 0.3 is 0 Å². The number of aryl methyl sites for hydroxylation is 1. The second-order valence-corrected chi connectivity index (χ2v) is 5.13. The number of carbonyl (C=O) groups is 1. The smallest absolute Gasteiger partial charge is 0.271 e. The van der Waals surface area contributed by atoms with Gasteiger partial charge in [0.15, 0.2) is 0 Å². The molecule has 7 heteroatoms. The first-order valence-electron chi connectivity index (χ1n) is 7.22. The molecule has 1 fully saturated rings. The van der Waals surface area contributed by atoms with E-state index in [1.807, 2.05) is 10.8 Å². The highest BCUT2D eigenvalue weighted by molar-refractivity contribution is 5.92. The Labute approximate surface area is 118 Å². The second kappa shape index (κ2) is 6.23. The number of fused-ring (bicyclic) bond motifs is 1. The van der Waals surface area contributed by atoms with E-state index >= 15 is 0 Å². The van der Waals surface area contributed by atoms with Gasteiger partial charge in [0.25, 0.3) is 5.91 Å². The number of nitrogens with zero attached hydrogens (tertiary/aromatic N) is 3. The van der Waals surface area contributed by atoms with Crippen molar-refractivity contribution in [1.82, 2.24) is 19.8 Å². The number of morpholine rings is 1. The summed E-state index contributed by atoms with van der Waals surface area (Å²) in [5, 5.41) is 6.13. The van der Waals surface area contributed by atoms with Crippen molar-refractivity contribution in [2.75, 3.05) is 51.3 Å². The van der Waals surface area contributed by atoms with Crippen LogP contribution in [0.15, 0.2) is 6.20 Å². The van der Waals surface area contributed by atoms with Gasteiger partial charge in [0.1, 0.15) is 5.69 Å². The summed E-state index contributed by atoms with van der Waals surface area (Å²) in [7, 11) is 0. The third-order valence-electron chi connectivity index (χ3n) is 3.69. The third kappa shape index (κ3) is 3.10. The normalized spacial score (nSPS) is 19.2. The fraction of sp³-hybridized carbons (Fsp3) is 0.692. The Morgan fingerprint density at radius 2 is 2.25 bits per heavy atom. The summed E-state index contributed by atoms with van der Waals surface area (Å²) in [4.78, 5) is 18.7. The molecule has 1 aromatic rings. The van der Waals surface area contributed by atoms with Crippen LogP contribution in [0.25, 0.3) is 0 Å². The lowest BCUT2D eigenvalue weighted by molar-refractivity contribution is 0.0383. The maximum Gasteiger partial charge on any atom is 0.271 e. The Balaban J connectivity index is 1.47. The van der Waals surface area contributed by atoms with Gasteiger partial charge in [0.05, 0.1) is 13.2 Å². The molecule has 2 aliphatic heterocycles. The van der Waals surface area contributed by atoms with E-state index in [1.54, 1.807) is 0 Å². The molecule has 1 aromatic heterocycles. The lowest BCUT2D eigenvalue weighted by Crippen LogP contribution is -2.41. The van der Waals surface area contributed by atoms with Crippen LogP contribution in [0.1, 0.15) is 16.9 Å². The van der Waals surface area contributed by atoms with E-state index in [0.717, 1.165) is 58.3 Å². The topological polar surface area (TPSA) is 71.4 Å². The van der Waals surface area contributed by atoms with Crippen molar-refractivity contribution in [1.29, 1.82) is 0 Å². The minimum absolute atomic E-state index is 0.0954. The fourth-order valence-corrected chi connectivity index (χ4v) is 2.53. The van der Waals surface area contributed by atoms with E-state index in [1.165, 1.54) is 0 Å². The monoisotopic (exact) mass is 279 g/mol. The highest BCUT2D eigenvalue weighted by Crippen LogP contribution is 2.13. The van der Waals surface area contributed by atoms with Crippen LogP contribution in [-0.4, -0.2) is 66.3 Å². The minimum Gasteiger partial charge on any atom is -0.379 e. The summed E-state index contributed by atoms with van der Waals surface area (Å²) in [6.07, 6.45) is 2.90. The van der Waals surface area contributed by atoms with Crippen LogP contribution in [0.4, 0.5) is 5.95 Å². The SMILES string of the molecule is O=C(NCCN1CCOCC1)c1cn2c(n1)NCCC2. The van der Waals surface area contributed by atoms with Crippen LogP contribution in [0.3, 0.4) is 0 Å². The molecule has 0 bridgehead atoms. The number of nitrogens with one attached hydrogen (secondary N) is 2. The van der Waals surface area contributed by atoms with Gasteiger partial charge < -0.3 is 19.9 Å². The summed E-state index contributed by atoms with van der Waals surface area (Å²) >= 11 is 0. The number of imidazole rings is 1. The molecule has 0 aliphatic carbocycles. The number of anilines is 1. The maximum absolute atomic E-state index is 12.0. The zero-order valence-electron chi connectivity index (χ0n) is 11.6. The van der Waals surface area contributed by atoms with Crippen LogP contribution >= 0.6 is 0 Å². The predicted molar refractivity (Wildman–Crippen MR) is 74.9 cm³/mol. The molecule has 0 unspecified atom stereocenters. The first-order valence-corrected chi connectivity index (χ1v) is 7.22.